The van der Waals surface area contributed by atoms with Crippen molar-refractivity contribution >= 4 is 25.9 Å². The lowest BCUT2D eigenvalue weighted by Crippen LogP contribution is -2.17. The lowest BCUT2D eigenvalue weighted by molar-refractivity contribution is -0.137. The molecule has 2 nitrogen and oxygen atoms in total. The van der Waals surface area contributed by atoms with Crippen LogP contribution >= 0.6 is 19.9 Å². The van der Waals surface area contributed by atoms with Crippen molar-refractivity contribution < 1.29 is 9.53 Å². The molecule has 1 aliphatic rings. The van der Waals surface area contributed by atoms with Crippen LogP contribution in [0.15, 0.2) is 0 Å². The zero-order chi connectivity index (χ0) is 7.78. The molecule has 0 radical (unpaired) electrons. The number of cyclic esters (lactones) is 1. The van der Waals surface area contributed by atoms with E-state index in [0.29, 0.717) is 6.61 Å². The summed E-state index contributed by atoms with van der Waals surface area (Å²) >= 11 is 0. The fourth-order valence-corrected chi connectivity index (χ4v) is 2.65. The number of halogens is 1. The third-order valence-corrected chi connectivity index (χ3v) is 3.99. The van der Waals surface area contributed by atoms with Crippen LogP contribution in [0.3, 0.4) is 0 Å². The van der Waals surface area contributed by atoms with E-state index in [1.807, 2.05) is 12.5 Å². The number of carbonyl (C=O) groups excluding carboxylic acids is 1. The quantitative estimate of drug-likeness (QED) is 0.575. The molecular weight excluding hydrogens is 172 g/mol. The third-order valence-electron chi connectivity index (χ3n) is 1.56. The van der Waals surface area contributed by atoms with Crippen molar-refractivity contribution in [1.29, 1.82) is 0 Å². The van der Waals surface area contributed by atoms with E-state index < -0.39 is 9.24 Å². The van der Waals surface area contributed by atoms with Crippen LogP contribution in [0, 0.1) is 0 Å². The third kappa shape index (κ3) is 1.58. The monoisotopic (exact) mass is 182 g/mol. The number of esters is 1. The number of hydrogen-bond acceptors (Lipinski definition) is 2. The molecule has 1 unspecified atom stereocenters. The SMILES string of the molecule is CS(C)(Cl)C1CCOC1=O. The second-order valence-corrected chi connectivity index (χ2v) is 8.23. The molecule has 1 heterocycles. The van der Waals surface area contributed by atoms with Gasteiger partial charge < -0.3 is 4.74 Å². The van der Waals surface area contributed by atoms with Gasteiger partial charge in [0.15, 0.2) is 0 Å². The van der Waals surface area contributed by atoms with Crippen molar-refractivity contribution in [2.75, 3.05) is 19.1 Å². The van der Waals surface area contributed by atoms with Crippen LogP contribution in [-0.4, -0.2) is 30.3 Å². The Morgan fingerprint density at radius 1 is 1.70 bits per heavy atom. The molecule has 0 aromatic rings. The summed E-state index contributed by atoms with van der Waals surface area (Å²) in [6, 6.07) is 0. The smallest absolute Gasteiger partial charge is 0.318 e. The molecule has 1 saturated heterocycles. The minimum absolute atomic E-state index is 0.0332. The molecule has 0 bridgehead atoms. The van der Waals surface area contributed by atoms with Gasteiger partial charge >= 0.3 is 5.97 Å². The Morgan fingerprint density at radius 3 is 2.50 bits per heavy atom. The number of rotatable bonds is 1. The molecule has 1 rings (SSSR count). The summed E-state index contributed by atoms with van der Waals surface area (Å²) in [5, 5.41) is -0.0332. The maximum absolute atomic E-state index is 10.9. The average molecular weight is 183 g/mol. The van der Waals surface area contributed by atoms with E-state index in [2.05, 4.69) is 0 Å². The Balaban J connectivity index is 2.64. The van der Waals surface area contributed by atoms with Crippen LogP contribution < -0.4 is 0 Å². The van der Waals surface area contributed by atoms with Crippen molar-refractivity contribution in [2.24, 2.45) is 0 Å². The Bertz CT molecular complexity index is 152. The second-order valence-electron chi connectivity index (χ2n) is 2.72. The van der Waals surface area contributed by atoms with Crippen LogP contribution in [0.4, 0.5) is 0 Å². The van der Waals surface area contributed by atoms with Crippen molar-refractivity contribution in [2.45, 2.75) is 11.7 Å². The van der Waals surface area contributed by atoms with Gasteiger partial charge in [0.25, 0.3) is 0 Å². The van der Waals surface area contributed by atoms with Crippen LogP contribution in [0.1, 0.15) is 6.42 Å². The first-order chi connectivity index (χ1) is 4.52. The maximum atomic E-state index is 10.9. The standard InChI is InChI=1S/C6H11ClO2S/c1-10(2,7)5-3-4-9-6(5)8/h5H,3-4H2,1-2H3. The molecule has 0 amide bonds. The van der Waals surface area contributed by atoms with Gasteiger partial charge in [-0.1, -0.05) is 10.7 Å². The molecule has 0 aromatic carbocycles. The lowest BCUT2D eigenvalue weighted by Gasteiger charge is -2.25. The minimum atomic E-state index is -1.25. The molecule has 1 aliphatic heterocycles. The van der Waals surface area contributed by atoms with Crippen molar-refractivity contribution in [3.05, 3.63) is 0 Å². The van der Waals surface area contributed by atoms with Gasteiger partial charge in [-0.3, -0.25) is 4.79 Å². The molecule has 10 heavy (non-hydrogen) atoms. The Kier molecular flexibility index (Phi) is 2.15. The van der Waals surface area contributed by atoms with E-state index in [9.17, 15) is 4.79 Å². The summed E-state index contributed by atoms with van der Waals surface area (Å²) in [5.41, 5.74) is 0. The lowest BCUT2D eigenvalue weighted by atomic mass is 10.4. The normalized spacial score (nSPS) is 28.3. The summed E-state index contributed by atoms with van der Waals surface area (Å²) in [7, 11) is 4.76. The highest BCUT2D eigenvalue weighted by atomic mass is 35.7. The predicted molar refractivity (Wildman–Crippen MR) is 44.7 cm³/mol. The molecule has 0 aliphatic carbocycles. The molecule has 0 spiro atoms. The minimum Gasteiger partial charge on any atom is -0.465 e. The first kappa shape index (κ1) is 8.21. The predicted octanol–water partition coefficient (Wildman–Crippen LogP) is 1.52. The van der Waals surface area contributed by atoms with Crippen molar-refractivity contribution in [3.63, 3.8) is 0 Å². The molecule has 1 fully saturated rings. The summed E-state index contributed by atoms with van der Waals surface area (Å²) < 4.78 is 4.79. The van der Waals surface area contributed by atoms with E-state index in [0.717, 1.165) is 6.42 Å². The number of ether oxygens (including phenoxy) is 1. The highest BCUT2D eigenvalue weighted by Gasteiger charge is 2.35. The van der Waals surface area contributed by atoms with Crippen molar-refractivity contribution in [3.8, 4) is 0 Å². The van der Waals surface area contributed by atoms with Gasteiger partial charge in [-0.05, 0) is 12.5 Å². The molecule has 1 atom stereocenters. The Labute approximate surface area is 66.7 Å². The zero-order valence-corrected chi connectivity index (χ0v) is 7.67. The van der Waals surface area contributed by atoms with Crippen LogP contribution in [0.2, 0.25) is 0 Å². The van der Waals surface area contributed by atoms with Gasteiger partial charge in [-0.25, -0.2) is 0 Å². The maximum Gasteiger partial charge on any atom is 0.318 e. The van der Waals surface area contributed by atoms with E-state index in [1.165, 1.54) is 0 Å². The summed E-state index contributed by atoms with van der Waals surface area (Å²) in [4.78, 5) is 10.9. The fourth-order valence-electron chi connectivity index (χ4n) is 0.986. The zero-order valence-electron chi connectivity index (χ0n) is 6.09. The molecular formula is C6H11ClO2S. The van der Waals surface area contributed by atoms with Gasteiger partial charge in [-0.2, -0.15) is 9.24 Å². The summed E-state index contributed by atoms with van der Waals surface area (Å²) in [6.45, 7) is 0.548. The first-order valence-electron chi connectivity index (χ1n) is 3.10. The van der Waals surface area contributed by atoms with Gasteiger partial charge in [-0.15, -0.1) is 0 Å². The first-order valence-corrected chi connectivity index (χ1v) is 6.44. The van der Waals surface area contributed by atoms with Crippen LogP contribution in [0.5, 0.6) is 0 Å². The molecule has 60 valence electrons. The van der Waals surface area contributed by atoms with Gasteiger partial charge in [0.05, 0.1) is 6.61 Å². The largest absolute Gasteiger partial charge is 0.465 e. The summed E-state index contributed by atoms with van der Waals surface area (Å²) in [5.74, 6) is -0.116. The van der Waals surface area contributed by atoms with E-state index in [4.69, 9.17) is 15.4 Å². The van der Waals surface area contributed by atoms with Crippen LogP contribution in [0.25, 0.3) is 0 Å². The topological polar surface area (TPSA) is 26.3 Å². The number of hydrogen-bond donors (Lipinski definition) is 0. The summed E-state index contributed by atoms with van der Waals surface area (Å²) in [6.07, 6.45) is 4.64. The Morgan fingerprint density at radius 2 is 2.30 bits per heavy atom. The Hall–Kier alpha value is 0.110. The van der Waals surface area contributed by atoms with Gasteiger partial charge in [0, 0.05) is 6.42 Å². The molecule has 0 N–H and O–H groups in total. The van der Waals surface area contributed by atoms with E-state index >= 15 is 0 Å². The van der Waals surface area contributed by atoms with Crippen LogP contribution in [-0.2, 0) is 9.53 Å². The highest BCUT2D eigenvalue weighted by Crippen LogP contribution is 2.53. The molecule has 4 heteroatoms. The fraction of sp³-hybridized carbons (Fsp3) is 0.833. The highest BCUT2D eigenvalue weighted by molar-refractivity contribution is 8.51. The van der Waals surface area contributed by atoms with Gasteiger partial charge in [0.2, 0.25) is 0 Å². The van der Waals surface area contributed by atoms with E-state index in [1.54, 1.807) is 0 Å². The molecule has 0 saturated carbocycles. The second kappa shape index (κ2) is 2.62. The number of carbonyl (C=O) groups is 1. The van der Waals surface area contributed by atoms with Gasteiger partial charge in [0.1, 0.15) is 5.25 Å². The van der Waals surface area contributed by atoms with Crippen molar-refractivity contribution in [1.82, 2.24) is 0 Å². The average Bonchev–Trinajstić information content (AvgIpc) is 2.11. The van der Waals surface area contributed by atoms with E-state index in [-0.39, 0.29) is 11.2 Å². The molecule has 0 aromatic heterocycles.